The zero-order valence-electron chi connectivity index (χ0n) is 11.0. The van der Waals surface area contributed by atoms with Gasteiger partial charge in [-0.15, -0.1) is 11.8 Å². The molecule has 1 amide bonds. The Bertz CT molecular complexity index is 706. The molecule has 0 aromatic heterocycles. The van der Waals surface area contributed by atoms with Crippen molar-refractivity contribution in [2.45, 2.75) is 4.90 Å². The highest BCUT2D eigenvalue weighted by Gasteiger charge is 2.17. The molecule has 0 aliphatic heterocycles. The van der Waals surface area contributed by atoms with Crippen molar-refractivity contribution in [1.29, 1.82) is 0 Å². The van der Waals surface area contributed by atoms with Crippen molar-refractivity contribution >= 4 is 40.6 Å². The van der Waals surface area contributed by atoms with E-state index in [1.54, 1.807) is 42.7 Å². The second kappa shape index (κ2) is 6.60. The van der Waals surface area contributed by atoms with Crippen LogP contribution in [0.25, 0.3) is 0 Å². The number of anilines is 1. The highest BCUT2D eigenvalue weighted by Crippen LogP contribution is 2.29. The third-order valence-electron chi connectivity index (χ3n) is 2.76. The molecule has 5 nitrogen and oxygen atoms in total. The molecule has 0 aliphatic carbocycles. The first kappa shape index (κ1) is 15.3. The zero-order valence-corrected chi connectivity index (χ0v) is 12.6. The molecular formula is C14H11ClN2O3S. The van der Waals surface area contributed by atoms with E-state index >= 15 is 0 Å². The number of rotatable bonds is 4. The minimum Gasteiger partial charge on any atom is -0.321 e. The number of halogens is 1. The van der Waals surface area contributed by atoms with Crippen molar-refractivity contribution in [2.24, 2.45) is 0 Å². The normalized spacial score (nSPS) is 10.2. The summed E-state index contributed by atoms with van der Waals surface area (Å²) in [4.78, 5) is 23.2. The first-order chi connectivity index (χ1) is 10.0. The zero-order chi connectivity index (χ0) is 15.4. The molecule has 2 aromatic carbocycles. The number of nitro benzene ring substituents is 1. The molecule has 108 valence electrons. The van der Waals surface area contributed by atoms with E-state index in [1.807, 2.05) is 0 Å². The molecule has 0 bridgehead atoms. The van der Waals surface area contributed by atoms with Crippen LogP contribution in [0.3, 0.4) is 0 Å². The lowest BCUT2D eigenvalue weighted by Gasteiger charge is -2.07. The van der Waals surface area contributed by atoms with Crippen LogP contribution in [0.4, 0.5) is 11.4 Å². The summed E-state index contributed by atoms with van der Waals surface area (Å²) in [6.07, 6.45) is 1.74. The molecule has 0 fully saturated rings. The number of carbonyl (C=O) groups is 1. The fourth-order valence-electron chi connectivity index (χ4n) is 1.73. The van der Waals surface area contributed by atoms with Gasteiger partial charge in [0.05, 0.1) is 20.5 Å². The SMILES string of the molecule is CSc1ccc(C(=O)Nc2ccccc2Cl)cc1[N+](=O)[O-]. The van der Waals surface area contributed by atoms with Gasteiger partial charge in [0.1, 0.15) is 0 Å². The van der Waals surface area contributed by atoms with Gasteiger partial charge in [-0.05, 0) is 30.5 Å². The number of thioether (sulfide) groups is 1. The summed E-state index contributed by atoms with van der Waals surface area (Å²) < 4.78 is 0. The predicted octanol–water partition coefficient (Wildman–Crippen LogP) is 4.22. The van der Waals surface area contributed by atoms with Gasteiger partial charge in [0.25, 0.3) is 11.6 Å². The first-order valence-electron chi connectivity index (χ1n) is 5.91. The molecule has 7 heteroatoms. The summed E-state index contributed by atoms with van der Waals surface area (Å²) in [5, 5.41) is 14.0. The lowest BCUT2D eigenvalue weighted by atomic mass is 10.2. The molecule has 1 N–H and O–H groups in total. The molecule has 0 aliphatic rings. The predicted molar refractivity (Wildman–Crippen MR) is 84.3 cm³/mol. The second-order valence-electron chi connectivity index (χ2n) is 4.08. The average molecular weight is 323 g/mol. The quantitative estimate of drug-likeness (QED) is 0.519. The third-order valence-corrected chi connectivity index (χ3v) is 3.87. The van der Waals surface area contributed by atoms with Crippen LogP contribution in [0.2, 0.25) is 5.02 Å². The standard InChI is InChI=1S/C14H11ClN2O3S/c1-21-13-7-6-9(8-12(13)17(19)20)14(18)16-11-5-3-2-4-10(11)15/h2-8H,1H3,(H,16,18). The summed E-state index contributed by atoms with van der Waals surface area (Å²) in [7, 11) is 0. The number of amides is 1. The highest BCUT2D eigenvalue weighted by molar-refractivity contribution is 7.98. The highest BCUT2D eigenvalue weighted by atomic mass is 35.5. The maximum atomic E-state index is 12.1. The number of carbonyl (C=O) groups excluding carboxylic acids is 1. The van der Waals surface area contributed by atoms with Gasteiger partial charge >= 0.3 is 0 Å². The van der Waals surface area contributed by atoms with Crippen LogP contribution in [0.5, 0.6) is 0 Å². The Balaban J connectivity index is 2.30. The Hall–Kier alpha value is -2.05. The van der Waals surface area contributed by atoms with Gasteiger partial charge in [-0.25, -0.2) is 0 Å². The molecule has 21 heavy (non-hydrogen) atoms. The largest absolute Gasteiger partial charge is 0.321 e. The second-order valence-corrected chi connectivity index (χ2v) is 5.33. The minimum atomic E-state index is -0.502. The van der Waals surface area contributed by atoms with Crippen molar-refractivity contribution in [3.63, 3.8) is 0 Å². The summed E-state index contributed by atoms with van der Waals surface area (Å²) in [5.41, 5.74) is 0.578. The molecule has 0 saturated heterocycles. The van der Waals surface area contributed by atoms with Crippen LogP contribution in [-0.2, 0) is 0 Å². The van der Waals surface area contributed by atoms with Crippen molar-refractivity contribution in [1.82, 2.24) is 0 Å². The minimum absolute atomic E-state index is 0.0886. The number of benzene rings is 2. The van der Waals surface area contributed by atoms with Crippen molar-refractivity contribution in [3.8, 4) is 0 Å². The molecule has 0 heterocycles. The van der Waals surface area contributed by atoms with Gasteiger partial charge in [0, 0.05) is 11.6 Å². The van der Waals surface area contributed by atoms with Crippen LogP contribution in [-0.4, -0.2) is 17.1 Å². The molecule has 0 spiro atoms. The van der Waals surface area contributed by atoms with E-state index in [9.17, 15) is 14.9 Å². The van der Waals surface area contributed by atoms with E-state index < -0.39 is 10.8 Å². The lowest BCUT2D eigenvalue weighted by molar-refractivity contribution is -0.387. The van der Waals surface area contributed by atoms with E-state index in [0.29, 0.717) is 15.6 Å². The maximum absolute atomic E-state index is 12.1. The van der Waals surface area contributed by atoms with Crippen molar-refractivity contribution < 1.29 is 9.72 Å². The van der Waals surface area contributed by atoms with E-state index in [-0.39, 0.29) is 11.3 Å². The van der Waals surface area contributed by atoms with E-state index in [0.717, 1.165) is 0 Å². The molecule has 2 aromatic rings. The Morgan fingerprint density at radius 1 is 1.29 bits per heavy atom. The molecule has 0 radical (unpaired) electrons. The molecule has 0 atom stereocenters. The Morgan fingerprint density at radius 3 is 2.62 bits per heavy atom. The van der Waals surface area contributed by atoms with Crippen LogP contribution in [0, 0.1) is 10.1 Å². The summed E-state index contributed by atoms with van der Waals surface area (Å²) in [6.45, 7) is 0. The fraction of sp³-hybridized carbons (Fsp3) is 0.0714. The van der Waals surface area contributed by atoms with Gasteiger partial charge in [-0.3, -0.25) is 14.9 Å². The lowest BCUT2D eigenvalue weighted by Crippen LogP contribution is -2.12. The van der Waals surface area contributed by atoms with Crippen LogP contribution < -0.4 is 5.32 Å². The van der Waals surface area contributed by atoms with E-state index in [1.165, 1.54) is 17.8 Å². The Morgan fingerprint density at radius 2 is 2.00 bits per heavy atom. The smallest absolute Gasteiger partial charge is 0.283 e. The Labute approximate surface area is 130 Å². The van der Waals surface area contributed by atoms with Crippen molar-refractivity contribution in [2.75, 3.05) is 11.6 Å². The van der Waals surface area contributed by atoms with Crippen molar-refractivity contribution in [3.05, 3.63) is 63.2 Å². The Kier molecular flexibility index (Phi) is 4.82. The number of hydrogen-bond acceptors (Lipinski definition) is 4. The van der Waals surface area contributed by atoms with Gasteiger partial charge in [0.2, 0.25) is 0 Å². The summed E-state index contributed by atoms with van der Waals surface area (Å²) >= 11 is 7.22. The average Bonchev–Trinajstić information content (AvgIpc) is 2.48. The summed E-state index contributed by atoms with van der Waals surface area (Å²) in [5.74, 6) is -0.446. The van der Waals surface area contributed by atoms with E-state index in [2.05, 4.69) is 5.32 Å². The van der Waals surface area contributed by atoms with E-state index in [4.69, 9.17) is 11.6 Å². The third kappa shape index (κ3) is 3.53. The van der Waals surface area contributed by atoms with Gasteiger partial charge < -0.3 is 5.32 Å². The molecule has 0 saturated carbocycles. The number of nitrogens with zero attached hydrogens (tertiary/aromatic N) is 1. The number of nitrogens with one attached hydrogen (secondary N) is 1. The van der Waals surface area contributed by atoms with Gasteiger partial charge in [-0.1, -0.05) is 23.7 Å². The summed E-state index contributed by atoms with van der Waals surface area (Å²) in [6, 6.07) is 11.2. The topological polar surface area (TPSA) is 72.2 Å². The number of nitro groups is 1. The monoisotopic (exact) mass is 322 g/mol. The number of hydrogen-bond donors (Lipinski definition) is 1. The molecule has 2 rings (SSSR count). The van der Waals surface area contributed by atoms with Gasteiger partial charge in [-0.2, -0.15) is 0 Å². The van der Waals surface area contributed by atoms with Crippen LogP contribution in [0.15, 0.2) is 47.4 Å². The molecule has 0 unspecified atom stereocenters. The van der Waals surface area contributed by atoms with Crippen LogP contribution >= 0.6 is 23.4 Å². The van der Waals surface area contributed by atoms with Gasteiger partial charge in [0.15, 0.2) is 0 Å². The van der Waals surface area contributed by atoms with Crippen LogP contribution in [0.1, 0.15) is 10.4 Å². The fourth-order valence-corrected chi connectivity index (χ4v) is 2.46. The maximum Gasteiger partial charge on any atom is 0.283 e. The molecular weight excluding hydrogens is 312 g/mol. The number of para-hydroxylation sites is 1. The first-order valence-corrected chi connectivity index (χ1v) is 7.51.